The zero-order valence-electron chi connectivity index (χ0n) is 14.8. The zero-order chi connectivity index (χ0) is 18.5. The molecule has 3 rings (SSSR count). The number of benzene rings is 1. The molecule has 1 aliphatic heterocycles. The smallest absolute Gasteiger partial charge is 0.321 e. The van der Waals surface area contributed by atoms with Crippen LogP contribution in [0.2, 0.25) is 5.02 Å². The Hall–Kier alpha value is -2.47. The predicted molar refractivity (Wildman–Crippen MR) is 102 cm³/mol. The summed E-state index contributed by atoms with van der Waals surface area (Å²) in [4.78, 5) is 28.6. The van der Waals surface area contributed by atoms with Gasteiger partial charge in [-0.25, -0.2) is 4.79 Å². The van der Waals surface area contributed by atoms with E-state index < -0.39 is 0 Å². The fraction of sp³-hybridized carbons (Fsp3) is 0.368. The monoisotopic (exact) mass is 374 g/mol. The molecule has 0 bridgehead atoms. The number of rotatable bonds is 3. The van der Waals surface area contributed by atoms with Gasteiger partial charge < -0.3 is 19.7 Å². The number of halogens is 1. The molecule has 0 aliphatic carbocycles. The molecule has 138 valence electrons. The minimum atomic E-state index is -0.148. The predicted octanol–water partition coefficient (Wildman–Crippen LogP) is 2.99. The second-order valence-corrected chi connectivity index (χ2v) is 6.96. The van der Waals surface area contributed by atoms with E-state index in [1.165, 1.54) is 0 Å². The molecule has 1 aromatic heterocycles. The molecule has 7 heteroatoms. The molecule has 1 fully saturated rings. The maximum Gasteiger partial charge on any atom is 0.321 e. The van der Waals surface area contributed by atoms with Gasteiger partial charge in [0.2, 0.25) is 5.91 Å². The molecular formula is C19H23ClN4O2. The van der Waals surface area contributed by atoms with E-state index in [0.29, 0.717) is 43.3 Å². The summed E-state index contributed by atoms with van der Waals surface area (Å²) < 4.78 is 1.94. The van der Waals surface area contributed by atoms with Gasteiger partial charge in [-0.3, -0.25) is 4.79 Å². The van der Waals surface area contributed by atoms with E-state index in [1.807, 2.05) is 35.0 Å². The summed E-state index contributed by atoms with van der Waals surface area (Å²) in [6.07, 6.45) is 5.07. The van der Waals surface area contributed by atoms with Gasteiger partial charge in [-0.1, -0.05) is 11.6 Å². The second kappa shape index (κ2) is 8.27. The van der Waals surface area contributed by atoms with Gasteiger partial charge in [-0.2, -0.15) is 0 Å². The summed E-state index contributed by atoms with van der Waals surface area (Å²) in [6, 6.07) is 8.83. The lowest BCUT2D eigenvalue weighted by molar-refractivity contribution is -0.130. The van der Waals surface area contributed by atoms with Gasteiger partial charge in [-0.15, -0.1) is 0 Å². The van der Waals surface area contributed by atoms with Gasteiger partial charge in [0.15, 0.2) is 0 Å². The van der Waals surface area contributed by atoms with E-state index >= 15 is 0 Å². The van der Waals surface area contributed by atoms with Crippen LogP contribution in [0, 0.1) is 0 Å². The molecule has 6 nitrogen and oxygen atoms in total. The third-order valence-electron chi connectivity index (χ3n) is 4.48. The number of nitrogens with zero attached hydrogens (tertiary/aromatic N) is 3. The number of hydrogen-bond acceptors (Lipinski definition) is 2. The SMILES string of the molecule is Cn1ccc(CC(=O)N2CCCN(C(=O)Nc3ccc(Cl)cc3)CC2)c1. The van der Waals surface area contributed by atoms with Gasteiger partial charge in [0.25, 0.3) is 0 Å². The third-order valence-corrected chi connectivity index (χ3v) is 4.73. The fourth-order valence-electron chi connectivity index (χ4n) is 3.06. The van der Waals surface area contributed by atoms with Crippen LogP contribution >= 0.6 is 11.6 Å². The molecule has 3 amide bonds. The number of aromatic nitrogens is 1. The standard InChI is InChI=1S/C19H23ClN4O2/c1-22-10-7-15(14-22)13-18(25)23-8-2-9-24(12-11-23)19(26)21-17-5-3-16(20)4-6-17/h3-7,10,14H,2,8-9,11-13H2,1H3,(H,21,26). The summed E-state index contributed by atoms with van der Waals surface area (Å²) in [6.45, 7) is 2.39. The van der Waals surface area contributed by atoms with Crippen LogP contribution in [0.4, 0.5) is 10.5 Å². The Bertz CT molecular complexity index is 772. The molecule has 1 saturated heterocycles. The molecule has 1 aromatic carbocycles. The second-order valence-electron chi connectivity index (χ2n) is 6.52. The van der Waals surface area contributed by atoms with E-state index in [0.717, 1.165) is 12.0 Å². The molecule has 26 heavy (non-hydrogen) atoms. The number of aryl methyl sites for hydroxylation is 1. The van der Waals surface area contributed by atoms with Crippen molar-refractivity contribution in [3.63, 3.8) is 0 Å². The highest BCUT2D eigenvalue weighted by Gasteiger charge is 2.22. The Balaban J connectivity index is 1.53. The van der Waals surface area contributed by atoms with Crippen molar-refractivity contribution in [2.45, 2.75) is 12.8 Å². The first-order chi connectivity index (χ1) is 12.5. The Labute approximate surface area is 158 Å². The van der Waals surface area contributed by atoms with E-state index in [2.05, 4.69) is 5.32 Å². The lowest BCUT2D eigenvalue weighted by atomic mass is 10.2. The summed E-state index contributed by atoms with van der Waals surface area (Å²) in [5.41, 5.74) is 1.72. The Morgan fingerprint density at radius 2 is 1.73 bits per heavy atom. The highest BCUT2D eigenvalue weighted by Crippen LogP contribution is 2.15. The maximum atomic E-state index is 12.5. The van der Waals surface area contributed by atoms with Crippen LogP contribution in [0.25, 0.3) is 0 Å². The summed E-state index contributed by atoms with van der Waals surface area (Å²) in [5.74, 6) is 0.108. The molecule has 0 atom stereocenters. The Kier molecular flexibility index (Phi) is 5.83. The van der Waals surface area contributed by atoms with Crippen LogP contribution in [-0.2, 0) is 18.3 Å². The molecule has 1 aliphatic rings. The quantitative estimate of drug-likeness (QED) is 0.897. The molecule has 2 heterocycles. The zero-order valence-corrected chi connectivity index (χ0v) is 15.6. The number of amides is 3. The first-order valence-corrected chi connectivity index (χ1v) is 9.09. The van der Waals surface area contributed by atoms with Crippen molar-refractivity contribution in [3.8, 4) is 0 Å². The normalized spacial score (nSPS) is 14.8. The molecule has 0 unspecified atom stereocenters. The molecule has 2 aromatic rings. The Morgan fingerprint density at radius 3 is 2.42 bits per heavy atom. The van der Waals surface area contributed by atoms with Crippen molar-refractivity contribution in [2.24, 2.45) is 7.05 Å². The van der Waals surface area contributed by atoms with Crippen molar-refractivity contribution in [2.75, 3.05) is 31.5 Å². The Morgan fingerprint density at radius 1 is 1.04 bits per heavy atom. The van der Waals surface area contributed by atoms with Crippen LogP contribution in [-0.4, -0.2) is 52.5 Å². The van der Waals surface area contributed by atoms with Crippen molar-refractivity contribution in [3.05, 3.63) is 53.3 Å². The third kappa shape index (κ3) is 4.79. The summed E-state index contributed by atoms with van der Waals surface area (Å²) >= 11 is 5.86. The summed E-state index contributed by atoms with van der Waals surface area (Å²) in [5, 5.41) is 3.51. The van der Waals surface area contributed by atoms with Crippen LogP contribution in [0.15, 0.2) is 42.7 Å². The molecule has 0 spiro atoms. The highest BCUT2D eigenvalue weighted by molar-refractivity contribution is 6.30. The van der Waals surface area contributed by atoms with Crippen LogP contribution < -0.4 is 5.32 Å². The van der Waals surface area contributed by atoms with E-state index in [4.69, 9.17) is 11.6 Å². The lowest BCUT2D eigenvalue weighted by Gasteiger charge is -2.22. The average Bonchev–Trinajstić information content (AvgIpc) is 2.87. The van der Waals surface area contributed by atoms with Crippen molar-refractivity contribution in [1.29, 1.82) is 0 Å². The summed E-state index contributed by atoms with van der Waals surface area (Å²) in [7, 11) is 1.94. The maximum absolute atomic E-state index is 12.5. The van der Waals surface area contributed by atoms with Crippen molar-refractivity contribution >= 4 is 29.2 Å². The van der Waals surface area contributed by atoms with Gasteiger partial charge >= 0.3 is 6.03 Å². The number of carbonyl (C=O) groups excluding carboxylic acids is 2. The largest absolute Gasteiger partial charge is 0.357 e. The van der Waals surface area contributed by atoms with Crippen molar-refractivity contribution < 1.29 is 9.59 Å². The topological polar surface area (TPSA) is 57.6 Å². The number of carbonyl (C=O) groups is 2. The van der Waals surface area contributed by atoms with Crippen LogP contribution in [0.1, 0.15) is 12.0 Å². The minimum absolute atomic E-state index is 0.108. The van der Waals surface area contributed by atoms with Gasteiger partial charge in [-0.05, 0) is 42.3 Å². The first-order valence-electron chi connectivity index (χ1n) is 8.71. The molecule has 0 saturated carbocycles. The minimum Gasteiger partial charge on any atom is -0.357 e. The number of urea groups is 1. The van der Waals surface area contributed by atoms with Crippen LogP contribution in [0.3, 0.4) is 0 Å². The molecule has 0 radical (unpaired) electrons. The number of hydrogen-bond donors (Lipinski definition) is 1. The first kappa shape index (κ1) is 18.3. The molecular weight excluding hydrogens is 352 g/mol. The molecule has 1 N–H and O–H groups in total. The van der Waals surface area contributed by atoms with Gasteiger partial charge in [0.05, 0.1) is 6.42 Å². The fourth-order valence-corrected chi connectivity index (χ4v) is 3.18. The lowest BCUT2D eigenvalue weighted by Crippen LogP contribution is -2.39. The average molecular weight is 375 g/mol. The highest BCUT2D eigenvalue weighted by atomic mass is 35.5. The van der Waals surface area contributed by atoms with Gasteiger partial charge in [0, 0.05) is 56.3 Å². The van der Waals surface area contributed by atoms with E-state index in [9.17, 15) is 9.59 Å². The van der Waals surface area contributed by atoms with Gasteiger partial charge in [0.1, 0.15) is 0 Å². The van der Waals surface area contributed by atoms with Crippen LogP contribution in [0.5, 0.6) is 0 Å². The van der Waals surface area contributed by atoms with E-state index in [1.54, 1.807) is 29.2 Å². The van der Waals surface area contributed by atoms with E-state index in [-0.39, 0.29) is 11.9 Å². The van der Waals surface area contributed by atoms with Crippen molar-refractivity contribution in [1.82, 2.24) is 14.4 Å². The number of anilines is 1. The number of nitrogens with one attached hydrogen (secondary N) is 1.